The zero-order valence-corrected chi connectivity index (χ0v) is 10.2. The van der Waals surface area contributed by atoms with Gasteiger partial charge >= 0.3 is 0 Å². The second-order valence-corrected chi connectivity index (χ2v) is 4.86. The Bertz CT molecular complexity index is 354. The summed E-state index contributed by atoms with van der Waals surface area (Å²) >= 11 is 6.18. The standard InChI is InChI=1S/C13H18ClN/c1-10-11(6-5-7-12(10)14)13(15-2)8-3-4-9-13/h5-7,15H,3-4,8-9H2,1-2H3. The molecule has 2 rings (SSSR count). The lowest BCUT2D eigenvalue weighted by Crippen LogP contribution is -2.37. The molecule has 0 radical (unpaired) electrons. The van der Waals surface area contributed by atoms with Crippen LogP contribution >= 0.6 is 11.6 Å². The molecule has 82 valence electrons. The van der Waals surface area contributed by atoms with Gasteiger partial charge in [0.05, 0.1) is 0 Å². The Morgan fingerprint density at radius 2 is 1.93 bits per heavy atom. The van der Waals surface area contributed by atoms with Gasteiger partial charge in [0.1, 0.15) is 0 Å². The normalized spacial score (nSPS) is 19.4. The Morgan fingerprint density at radius 1 is 1.27 bits per heavy atom. The van der Waals surface area contributed by atoms with Gasteiger partial charge in [-0.2, -0.15) is 0 Å². The largest absolute Gasteiger partial charge is 0.310 e. The Kier molecular flexibility index (Phi) is 3.03. The summed E-state index contributed by atoms with van der Waals surface area (Å²) in [5.41, 5.74) is 2.79. The summed E-state index contributed by atoms with van der Waals surface area (Å²) in [6.45, 7) is 2.12. The minimum atomic E-state index is 0.176. The highest BCUT2D eigenvalue weighted by Gasteiger charge is 2.35. The predicted molar refractivity (Wildman–Crippen MR) is 65.4 cm³/mol. The number of hydrogen-bond acceptors (Lipinski definition) is 1. The molecular formula is C13H18ClN. The summed E-state index contributed by atoms with van der Waals surface area (Å²) in [6.07, 6.45) is 5.08. The van der Waals surface area contributed by atoms with E-state index >= 15 is 0 Å². The molecule has 1 aliphatic rings. The zero-order valence-electron chi connectivity index (χ0n) is 9.44. The molecule has 0 aromatic heterocycles. The van der Waals surface area contributed by atoms with Crippen LogP contribution in [-0.4, -0.2) is 7.05 Å². The van der Waals surface area contributed by atoms with E-state index in [0.29, 0.717) is 0 Å². The molecule has 0 amide bonds. The minimum absolute atomic E-state index is 0.176. The summed E-state index contributed by atoms with van der Waals surface area (Å²) in [5, 5.41) is 4.39. The van der Waals surface area contributed by atoms with Gasteiger partial charge < -0.3 is 5.32 Å². The molecule has 1 aromatic rings. The second kappa shape index (κ2) is 4.15. The molecular weight excluding hydrogens is 206 g/mol. The lowest BCUT2D eigenvalue weighted by Gasteiger charge is -2.31. The first-order valence-corrected chi connectivity index (χ1v) is 6.02. The van der Waals surface area contributed by atoms with Gasteiger partial charge in [-0.15, -0.1) is 0 Å². The maximum absolute atomic E-state index is 6.18. The van der Waals surface area contributed by atoms with E-state index in [1.165, 1.54) is 36.8 Å². The van der Waals surface area contributed by atoms with Crippen molar-refractivity contribution in [2.45, 2.75) is 38.1 Å². The van der Waals surface area contributed by atoms with E-state index in [9.17, 15) is 0 Å². The lowest BCUT2D eigenvalue weighted by atomic mass is 9.85. The fourth-order valence-corrected chi connectivity index (χ4v) is 2.93. The van der Waals surface area contributed by atoms with E-state index in [1.54, 1.807) is 0 Å². The molecule has 1 aromatic carbocycles. The topological polar surface area (TPSA) is 12.0 Å². The Balaban J connectivity index is 2.47. The van der Waals surface area contributed by atoms with Gasteiger partial charge in [-0.25, -0.2) is 0 Å². The first-order chi connectivity index (χ1) is 7.19. The number of rotatable bonds is 2. The summed E-state index contributed by atoms with van der Waals surface area (Å²) < 4.78 is 0. The van der Waals surface area contributed by atoms with Crippen LogP contribution in [-0.2, 0) is 5.54 Å². The maximum atomic E-state index is 6.18. The van der Waals surface area contributed by atoms with Crippen molar-refractivity contribution in [1.29, 1.82) is 0 Å². The Hall–Kier alpha value is -0.530. The molecule has 0 saturated heterocycles. The number of halogens is 1. The number of benzene rings is 1. The molecule has 1 nitrogen and oxygen atoms in total. The molecule has 1 aliphatic carbocycles. The molecule has 1 saturated carbocycles. The molecule has 0 heterocycles. The quantitative estimate of drug-likeness (QED) is 0.808. The van der Waals surface area contributed by atoms with Crippen LogP contribution in [0, 0.1) is 6.92 Å². The van der Waals surface area contributed by atoms with Crippen LogP contribution in [0.15, 0.2) is 18.2 Å². The summed E-state index contributed by atoms with van der Waals surface area (Å²) in [4.78, 5) is 0. The maximum Gasteiger partial charge on any atom is 0.0438 e. The third kappa shape index (κ3) is 1.79. The fourth-order valence-electron chi connectivity index (χ4n) is 2.76. The van der Waals surface area contributed by atoms with Gasteiger partial charge in [0.2, 0.25) is 0 Å². The van der Waals surface area contributed by atoms with E-state index in [-0.39, 0.29) is 5.54 Å². The highest BCUT2D eigenvalue weighted by molar-refractivity contribution is 6.31. The first kappa shape index (κ1) is 11.0. The Labute approximate surface area is 96.8 Å². The van der Waals surface area contributed by atoms with Crippen LogP contribution in [0.1, 0.15) is 36.8 Å². The van der Waals surface area contributed by atoms with Crippen LogP contribution in [0.3, 0.4) is 0 Å². The van der Waals surface area contributed by atoms with Gasteiger partial charge in [0, 0.05) is 10.6 Å². The van der Waals surface area contributed by atoms with Crippen LogP contribution in [0.2, 0.25) is 5.02 Å². The first-order valence-electron chi connectivity index (χ1n) is 5.64. The molecule has 0 aliphatic heterocycles. The van der Waals surface area contributed by atoms with Crippen molar-refractivity contribution in [2.24, 2.45) is 0 Å². The monoisotopic (exact) mass is 223 g/mol. The highest BCUT2D eigenvalue weighted by Crippen LogP contribution is 2.40. The summed E-state index contributed by atoms with van der Waals surface area (Å²) in [7, 11) is 2.06. The van der Waals surface area contributed by atoms with E-state index in [1.807, 2.05) is 6.07 Å². The SMILES string of the molecule is CNC1(c2cccc(Cl)c2C)CCCC1. The minimum Gasteiger partial charge on any atom is -0.310 e. The van der Waals surface area contributed by atoms with Crippen molar-refractivity contribution in [2.75, 3.05) is 7.05 Å². The number of hydrogen-bond donors (Lipinski definition) is 1. The molecule has 15 heavy (non-hydrogen) atoms. The molecule has 0 spiro atoms. The smallest absolute Gasteiger partial charge is 0.0438 e. The van der Waals surface area contributed by atoms with Crippen molar-refractivity contribution in [3.05, 3.63) is 34.3 Å². The predicted octanol–water partition coefficient (Wildman–Crippen LogP) is 3.64. The van der Waals surface area contributed by atoms with Gasteiger partial charge in [-0.05, 0) is 44.0 Å². The van der Waals surface area contributed by atoms with E-state index in [0.717, 1.165) is 5.02 Å². The van der Waals surface area contributed by atoms with Crippen LogP contribution in [0.5, 0.6) is 0 Å². The van der Waals surface area contributed by atoms with E-state index < -0.39 is 0 Å². The van der Waals surface area contributed by atoms with Gasteiger partial charge in [0.25, 0.3) is 0 Å². The molecule has 0 bridgehead atoms. The van der Waals surface area contributed by atoms with Crippen molar-refractivity contribution in [3.63, 3.8) is 0 Å². The number of nitrogens with one attached hydrogen (secondary N) is 1. The Morgan fingerprint density at radius 3 is 2.53 bits per heavy atom. The van der Waals surface area contributed by atoms with Gasteiger partial charge in [-0.1, -0.05) is 36.6 Å². The van der Waals surface area contributed by atoms with Crippen molar-refractivity contribution in [3.8, 4) is 0 Å². The molecule has 0 atom stereocenters. The van der Waals surface area contributed by atoms with Crippen molar-refractivity contribution in [1.82, 2.24) is 5.32 Å². The molecule has 1 fully saturated rings. The summed E-state index contributed by atoms with van der Waals surface area (Å²) in [5.74, 6) is 0. The van der Waals surface area contributed by atoms with Crippen LogP contribution < -0.4 is 5.32 Å². The van der Waals surface area contributed by atoms with Crippen molar-refractivity contribution >= 4 is 11.6 Å². The second-order valence-electron chi connectivity index (χ2n) is 4.45. The zero-order chi connectivity index (χ0) is 10.9. The molecule has 1 N–H and O–H groups in total. The average Bonchev–Trinajstić information content (AvgIpc) is 2.72. The van der Waals surface area contributed by atoms with E-state index in [2.05, 4.69) is 31.4 Å². The summed E-state index contributed by atoms with van der Waals surface area (Å²) in [6, 6.07) is 6.24. The molecule has 0 unspecified atom stereocenters. The van der Waals surface area contributed by atoms with Crippen LogP contribution in [0.25, 0.3) is 0 Å². The highest BCUT2D eigenvalue weighted by atomic mass is 35.5. The van der Waals surface area contributed by atoms with Crippen molar-refractivity contribution < 1.29 is 0 Å². The fraction of sp³-hybridized carbons (Fsp3) is 0.538. The average molecular weight is 224 g/mol. The third-order valence-corrected chi connectivity index (χ3v) is 4.13. The van der Waals surface area contributed by atoms with Gasteiger partial charge in [0.15, 0.2) is 0 Å². The van der Waals surface area contributed by atoms with E-state index in [4.69, 9.17) is 11.6 Å². The third-order valence-electron chi connectivity index (χ3n) is 3.72. The molecule has 2 heteroatoms. The van der Waals surface area contributed by atoms with Crippen LogP contribution in [0.4, 0.5) is 0 Å². The lowest BCUT2D eigenvalue weighted by molar-refractivity contribution is 0.371. The van der Waals surface area contributed by atoms with Gasteiger partial charge in [-0.3, -0.25) is 0 Å².